The van der Waals surface area contributed by atoms with Gasteiger partial charge < -0.3 is 5.73 Å². The van der Waals surface area contributed by atoms with Crippen LogP contribution in [0, 0.1) is 0 Å². The van der Waals surface area contributed by atoms with Gasteiger partial charge in [0.2, 0.25) is 5.95 Å². The highest BCUT2D eigenvalue weighted by Gasteiger charge is 2.01. The zero-order valence-corrected chi connectivity index (χ0v) is 6.80. The number of nitrogen functional groups attached to an aromatic ring is 1. The van der Waals surface area contributed by atoms with Gasteiger partial charge >= 0.3 is 0 Å². The lowest BCUT2D eigenvalue weighted by atomic mass is 10.6. The number of nitrogens with zero attached hydrogens (tertiary/aromatic N) is 3. The molecule has 2 N–H and O–H groups in total. The summed E-state index contributed by atoms with van der Waals surface area (Å²) < 4.78 is 1.62. The molecule has 0 aliphatic rings. The van der Waals surface area contributed by atoms with E-state index in [2.05, 4.69) is 23.9 Å². The van der Waals surface area contributed by atoms with Crippen LogP contribution in [0.3, 0.4) is 0 Å². The maximum Gasteiger partial charge on any atom is 0.229 e. The molecule has 0 amide bonds. The normalized spacial score (nSPS) is 10.7. The molecule has 0 atom stereocenters. The summed E-state index contributed by atoms with van der Waals surface area (Å²) in [5, 5.41) is 4.38. The van der Waals surface area contributed by atoms with Gasteiger partial charge in [0.25, 0.3) is 0 Å². The van der Waals surface area contributed by atoms with Crippen molar-refractivity contribution in [3.8, 4) is 0 Å². The molecule has 1 heterocycles. The fourth-order valence-electron chi connectivity index (χ4n) is 0.521. The van der Waals surface area contributed by atoms with Gasteiger partial charge in [0.1, 0.15) is 6.33 Å². The van der Waals surface area contributed by atoms with Crippen LogP contribution in [0.25, 0.3) is 0 Å². The smallest absolute Gasteiger partial charge is 0.229 e. The molecule has 0 saturated carbocycles. The van der Waals surface area contributed by atoms with E-state index in [1.54, 1.807) is 16.0 Å². The molecular weight excluding hydrogens is 148 g/mol. The van der Waals surface area contributed by atoms with Crippen LogP contribution in [0.15, 0.2) is 6.33 Å². The summed E-state index contributed by atoms with van der Waals surface area (Å²) in [5.74, 6) is 0.457. The maximum atomic E-state index is 5.46. The van der Waals surface area contributed by atoms with Gasteiger partial charge in [-0.05, 0) is 11.9 Å². The lowest BCUT2D eigenvalue weighted by molar-refractivity contribution is 0.988. The van der Waals surface area contributed by atoms with Gasteiger partial charge in [-0.25, -0.2) is 0 Å². The monoisotopic (exact) mass is 158 g/mol. The molecular formula is C5H10N4S. The molecule has 0 spiro atoms. The SMILES string of the molecule is CC(C)Sn1ncnc1N. The van der Waals surface area contributed by atoms with Crippen molar-refractivity contribution in [2.45, 2.75) is 19.1 Å². The minimum Gasteiger partial charge on any atom is -0.367 e. The third-order valence-corrected chi connectivity index (χ3v) is 1.76. The number of hydrogen-bond acceptors (Lipinski definition) is 4. The third kappa shape index (κ3) is 1.63. The summed E-state index contributed by atoms with van der Waals surface area (Å²) >= 11 is 1.55. The van der Waals surface area contributed by atoms with Crippen molar-refractivity contribution in [1.29, 1.82) is 0 Å². The molecule has 0 aliphatic heterocycles. The van der Waals surface area contributed by atoms with E-state index >= 15 is 0 Å². The molecule has 4 nitrogen and oxygen atoms in total. The van der Waals surface area contributed by atoms with Gasteiger partial charge in [0.05, 0.1) is 0 Å². The van der Waals surface area contributed by atoms with E-state index in [1.807, 2.05) is 0 Å². The van der Waals surface area contributed by atoms with E-state index in [4.69, 9.17) is 5.73 Å². The van der Waals surface area contributed by atoms with Crippen LogP contribution < -0.4 is 5.73 Å². The van der Waals surface area contributed by atoms with E-state index in [0.29, 0.717) is 11.2 Å². The third-order valence-electron chi connectivity index (χ3n) is 0.853. The molecule has 0 fully saturated rings. The zero-order chi connectivity index (χ0) is 7.56. The van der Waals surface area contributed by atoms with Crippen LogP contribution >= 0.6 is 11.9 Å². The molecule has 5 heteroatoms. The van der Waals surface area contributed by atoms with E-state index in [1.165, 1.54) is 6.33 Å². The molecule has 1 aromatic rings. The number of hydrogen-bond donors (Lipinski definition) is 1. The standard InChI is InChI=1S/C5H10N4S/c1-4(2)10-9-5(6)7-3-8-9/h3-4H,1-2H3,(H2,6,7,8). The van der Waals surface area contributed by atoms with Crippen LogP contribution in [0.2, 0.25) is 0 Å². The highest BCUT2D eigenvalue weighted by Crippen LogP contribution is 2.13. The summed E-state index contributed by atoms with van der Waals surface area (Å²) in [7, 11) is 0. The quantitative estimate of drug-likeness (QED) is 0.690. The second-order valence-electron chi connectivity index (χ2n) is 2.15. The molecule has 0 aliphatic carbocycles. The van der Waals surface area contributed by atoms with Crippen molar-refractivity contribution in [2.75, 3.05) is 5.73 Å². The van der Waals surface area contributed by atoms with Gasteiger partial charge in [-0.2, -0.15) is 9.07 Å². The van der Waals surface area contributed by atoms with Crippen LogP contribution in [-0.4, -0.2) is 19.4 Å². The van der Waals surface area contributed by atoms with Gasteiger partial charge in [-0.1, -0.05) is 13.8 Å². The van der Waals surface area contributed by atoms with Crippen LogP contribution in [0.5, 0.6) is 0 Å². The molecule has 0 aromatic carbocycles. The average Bonchev–Trinajstić information content (AvgIpc) is 2.15. The Bertz CT molecular complexity index is 207. The minimum atomic E-state index is 0.457. The predicted octanol–water partition coefficient (Wildman–Crippen LogP) is 0.765. The predicted molar refractivity (Wildman–Crippen MR) is 42.6 cm³/mol. The van der Waals surface area contributed by atoms with E-state index in [9.17, 15) is 0 Å². The van der Waals surface area contributed by atoms with Crippen molar-refractivity contribution in [1.82, 2.24) is 14.2 Å². The first-order chi connectivity index (χ1) is 4.70. The summed E-state index contributed by atoms with van der Waals surface area (Å²) in [5.41, 5.74) is 5.46. The van der Waals surface area contributed by atoms with Crippen LogP contribution in [0.1, 0.15) is 13.8 Å². The van der Waals surface area contributed by atoms with Crippen molar-refractivity contribution >= 4 is 17.9 Å². The van der Waals surface area contributed by atoms with Gasteiger partial charge in [-0.3, -0.25) is 0 Å². The Balaban J connectivity index is 2.65. The molecule has 0 unspecified atom stereocenters. The van der Waals surface area contributed by atoms with Crippen LogP contribution in [-0.2, 0) is 0 Å². The number of rotatable bonds is 2. The Morgan fingerprint density at radius 2 is 2.40 bits per heavy atom. The van der Waals surface area contributed by atoms with Crippen LogP contribution in [0.4, 0.5) is 5.95 Å². The Hall–Kier alpha value is -0.710. The van der Waals surface area contributed by atoms with E-state index in [-0.39, 0.29) is 0 Å². The summed E-state index contributed by atoms with van der Waals surface area (Å²) in [6, 6.07) is 0. The van der Waals surface area contributed by atoms with Gasteiger partial charge in [-0.15, -0.1) is 5.10 Å². The first-order valence-corrected chi connectivity index (χ1v) is 3.86. The minimum absolute atomic E-state index is 0.457. The first kappa shape index (κ1) is 7.40. The molecule has 0 saturated heterocycles. The van der Waals surface area contributed by atoms with Crippen molar-refractivity contribution in [3.63, 3.8) is 0 Å². The summed E-state index contributed by atoms with van der Waals surface area (Å²) in [6.45, 7) is 4.15. The van der Waals surface area contributed by atoms with Crippen molar-refractivity contribution < 1.29 is 0 Å². The second kappa shape index (κ2) is 2.92. The molecule has 0 bridgehead atoms. The molecule has 1 rings (SSSR count). The Morgan fingerprint density at radius 3 is 2.80 bits per heavy atom. The highest BCUT2D eigenvalue weighted by atomic mass is 32.2. The molecule has 56 valence electrons. The fraction of sp³-hybridized carbons (Fsp3) is 0.600. The molecule has 1 aromatic heterocycles. The first-order valence-electron chi connectivity index (χ1n) is 3.03. The number of nitrogens with two attached hydrogens (primary N) is 1. The zero-order valence-electron chi connectivity index (χ0n) is 5.98. The fourth-order valence-corrected chi connectivity index (χ4v) is 1.17. The topological polar surface area (TPSA) is 56.7 Å². The molecule has 10 heavy (non-hydrogen) atoms. The largest absolute Gasteiger partial charge is 0.367 e. The number of aromatic nitrogens is 3. The average molecular weight is 158 g/mol. The van der Waals surface area contributed by atoms with Crippen molar-refractivity contribution in [2.24, 2.45) is 0 Å². The second-order valence-corrected chi connectivity index (χ2v) is 3.64. The number of anilines is 1. The van der Waals surface area contributed by atoms with Gasteiger partial charge in [0.15, 0.2) is 0 Å². The maximum absolute atomic E-state index is 5.46. The lowest BCUT2D eigenvalue weighted by Crippen LogP contribution is -2.01. The van der Waals surface area contributed by atoms with Crippen molar-refractivity contribution in [3.05, 3.63) is 6.33 Å². The molecule has 0 radical (unpaired) electrons. The summed E-state index contributed by atoms with van der Waals surface area (Å²) in [6.07, 6.45) is 1.45. The highest BCUT2D eigenvalue weighted by molar-refractivity contribution is 7.98. The van der Waals surface area contributed by atoms with E-state index < -0.39 is 0 Å². The lowest BCUT2D eigenvalue weighted by Gasteiger charge is -2.02. The Kier molecular flexibility index (Phi) is 2.16. The summed E-state index contributed by atoms with van der Waals surface area (Å²) in [4.78, 5) is 3.78. The Morgan fingerprint density at radius 1 is 1.70 bits per heavy atom. The Labute approximate surface area is 64.0 Å². The van der Waals surface area contributed by atoms with Gasteiger partial charge in [0, 0.05) is 5.25 Å². The van der Waals surface area contributed by atoms with E-state index in [0.717, 1.165) is 0 Å².